The quantitative estimate of drug-likeness (QED) is 0.908. The van der Waals surface area contributed by atoms with Crippen molar-refractivity contribution in [3.63, 3.8) is 0 Å². The van der Waals surface area contributed by atoms with Crippen LogP contribution >= 0.6 is 0 Å². The number of alkyl halides is 2. The second-order valence-corrected chi connectivity index (χ2v) is 3.99. The topological polar surface area (TPSA) is 50.2 Å². The molecule has 1 unspecified atom stereocenters. The molecule has 0 bridgehead atoms. The minimum atomic E-state index is -2.70. The molecule has 18 heavy (non-hydrogen) atoms. The fourth-order valence-electron chi connectivity index (χ4n) is 1.87. The van der Waals surface area contributed by atoms with E-state index in [1.165, 1.54) is 6.07 Å². The number of hydrogen-bond acceptors (Lipinski definition) is 2. The Labute approximate surface area is 102 Å². The van der Waals surface area contributed by atoms with Crippen LogP contribution in [0.2, 0.25) is 0 Å². The predicted octanol–water partition coefficient (Wildman–Crippen LogP) is 3.06. The molecule has 0 aliphatic heterocycles. The molecule has 0 saturated heterocycles. The molecular formula is C13H11F2NO2. The van der Waals surface area contributed by atoms with Gasteiger partial charge in [-0.05, 0) is 23.8 Å². The molecule has 1 heterocycles. The highest BCUT2D eigenvalue weighted by Gasteiger charge is 2.25. The van der Waals surface area contributed by atoms with Gasteiger partial charge in [-0.2, -0.15) is 0 Å². The summed E-state index contributed by atoms with van der Waals surface area (Å²) in [5.74, 6) is -2.52. The fourth-order valence-corrected chi connectivity index (χ4v) is 1.87. The van der Waals surface area contributed by atoms with Gasteiger partial charge in [0.15, 0.2) is 0 Å². The summed E-state index contributed by atoms with van der Waals surface area (Å²) in [5, 5.41) is 9.39. The maximum absolute atomic E-state index is 12.9. The first kappa shape index (κ1) is 12.4. The molecule has 94 valence electrons. The third kappa shape index (κ3) is 2.61. The Balaban J connectivity index is 2.41. The molecule has 5 heteroatoms. The molecule has 0 fully saturated rings. The number of rotatable bonds is 4. The standard InChI is InChI=1S/C13H11F2NO2/c14-13(15)10(7-12(17)18)8-3-4-11-9(6-8)2-1-5-16-11/h1-6,10,13H,7H2,(H,17,18). The average molecular weight is 251 g/mol. The third-order valence-corrected chi connectivity index (χ3v) is 2.75. The summed E-state index contributed by atoms with van der Waals surface area (Å²) in [6.45, 7) is 0. The number of aliphatic carboxylic acids is 1. The molecule has 2 rings (SSSR count). The molecule has 0 amide bonds. The lowest BCUT2D eigenvalue weighted by molar-refractivity contribution is -0.138. The zero-order chi connectivity index (χ0) is 13.1. The van der Waals surface area contributed by atoms with Crippen molar-refractivity contribution in [1.82, 2.24) is 4.98 Å². The molecule has 0 aliphatic carbocycles. The normalized spacial score (nSPS) is 12.8. The number of carbonyl (C=O) groups is 1. The summed E-state index contributed by atoms with van der Waals surface area (Å²) >= 11 is 0. The van der Waals surface area contributed by atoms with Crippen LogP contribution in [0.15, 0.2) is 36.5 Å². The lowest BCUT2D eigenvalue weighted by Gasteiger charge is -2.14. The van der Waals surface area contributed by atoms with Crippen molar-refractivity contribution in [3.05, 3.63) is 42.1 Å². The molecule has 1 N–H and O–H groups in total. The van der Waals surface area contributed by atoms with Crippen LogP contribution in [0.1, 0.15) is 17.9 Å². The summed E-state index contributed by atoms with van der Waals surface area (Å²) < 4.78 is 25.7. The summed E-state index contributed by atoms with van der Waals surface area (Å²) in [6.07, 6.45) is -1.66. The number of hydrogen-bond donors (Lipinski definition) is 1. The van der Waals surface area contributed by atoms with Crippen LogP contribution in [0.25, 0.3) is 10.9 Å². The Morgan fingerprint density at radius 1 is 1.33 bits per heavy atom. The number of carboxylic acids is 1. The fraction of sp³-hybridized carbons (Fsp3) is 0.231. The summed E-state index contributed by atoms with van der Waals surface area (Å²) in [5.41, 5.74) is 1.03. The zero-order valence-corrected chi connectivity index (χ0v) is 9.38. The second-order valence-electron chi connectivity index (χ2n) is 3.99. The van der Waals surface area contributed by atoms with Crippen LogP contribution in [0, 0.1) is 0 Å². The molecule has 0 spiro atoms. The van der Waals surface area contributed by atoms with Gasteiger partial charge in [-0.3, -0.25) is 9.78 Å². The van der Waals surface area contributed by atoms with Crippen LogP contribution in [0.3, 0.4) is 0 Å². The first-order valence-electron chi connectivity index (χ1n) is 5.42. The molecule has 3 nitrogen and oxygen atoms in total. The largest absolute Gasteiger partial charge is 0.481 e. The van der Waals surface area contributed by atoms with Gasteiger partial charge in [0.1, 0.15) is 0 Å². The van der Waals surface area contributed by atoms with E-state index in [1.807, 2.05) is 0 Å². The first-order valence-corrected chi connectivity index (χ1v) is 5.42. The van der Waals surface area contributed by atoms with E-state index >= 15 is 0 Å². The molecule has 0 saturated carbocycles. The SMILES string of the molecule is O=C(O)CC(c1ccc2ncccc2c1)C(F)F. The van der Waals surface area contributed by atoms with Gasteiger partial charge in [0.2, 0.25) is 6.43 Å². The van der Waals surface area contributed by atoms with Crippen LogP contribution in [0.5, 0.6) is 0 Å². The molecule has 2 aromatic rings. The van der Waals surface area contributed by atoms with E-state index in [4.69, 9.17) is 5.11 Å². The smallest absolute Gasteiger partial charge is 0.304 e. The summed E-state index contributed by atoms with van der Waals surface area (Å²) in [6, 6.07) is 8.18. The van der Waals surface area contributed by atoms with Gasteiger partial charge in [-0.25, -0.2) is 8.78 Å². The number of benzene rings is 1. The minimum absolute atomic E-state index is 0.327. The monoisotopic (exact) mass is 251 g/mol. The first-order chi connectivity index (χ1) is 8.58. The van der Waals surface area contributed by atoms with Gasteiger partial charge in [0, 0.05) is 11.6 Å². The number of pyridine rings is 1. The van der Waals surface area contributed by atoms with E-state index < -0.39 is 24.7 Å². The van der Waals surface area contributed by atoms with Gasteiger partial charge in [0.05, 0.1) is 17.9 Å². The van der Waals surface area contributed by atoms with Crippen LogP contribution in [0.4, 0.5) is 8.78 Å². The molecule has 0 radical (unpaired) electrons. The Hall–Kier alpha value is -2.04. The maximum Gasteiger partial charge on any atom is 0.304 e. The number of nitrogens with zero attached hydrogens (tertiary/aromatic N) is 1. The van der Waals surface area contributed by atoms with Crippen molar-refractivity contribution in [2.45, 2.75) is 18.8 Å². The molecule has 1 aromatic heterocycles. The van der Waals surface area contributed by atoms with Crippen molar-refractivity contribution >= 4 is 16.9 Å². The average Bonchev–Trinajstić information content (AvgIpc) is 2.35. The number of fused-ring (bicyclic) bond motifs is 1. The van der Waals surface area contributed by atoms with Crippen LogP contribution < -0.4 is 0 Å². The van der Waals surface area contributed by atoms with Crippen molar-refractivity contribution in [2.75, 3.05) is 0 Å². The van der Waals surface area contributed by atoms with Gasteiger partial charge in [0.25, 0.3) is 0 Å². The van der Waals surface area contributed by atoms with Crippen molar-refractivity contribution in [1.29, 1.82) is 0 Å². The summed E-state index contributed by atoms with van der Waals surface area (Å²) in [4.78, 5) is 14.7. The lowest BCUT2D eigenvalue weighted by Crippen LogP contribution is -2.14. The maximum atomic E-state index is 12.9. The van der Waals surface area contributed by atoms with E-state index in [9.17, 15) is 13.6 Å². The highest BCUT2D eigenvalue weighted by atomic mass is 19.3. The Bertz CT molecular complexity index is 572. The number of carboxylic acid groups (broad SMARTS) is 1. The van der Waals surface area contributed by atoms with E-state index in [2.05, 4.69) is 4.98 Å². The highest BCUT2D eigenvalue weighted by Crippen LogP contribution is 2.28. The second kappa shape index (κ2) is 5.08. The highest BCUT2D eigenvalue weighted by molar-refractivity contribution is 5.79. The molecule has 1 aromatic carbocycles. The Kier molecular flexibility index (Phi) is 3.50. The van der Waals surface area contributed by atoms with Crippen LogP contribution in [-0.2, 0) is 4.79 Å². The van der Waals surface area contributed by atoms with E-state index in [0.717, 1.165) is 5.39 Å². The van der Waals surface area contributed by atoms with Gasteiger partial charge in [-0.15, -0.1) is 0 Å². The van der Waals surface area contributed by atoms with Gasteiger partial charge >= 0.3 is 5.97 Å². The lowest BCUT2D eigenvalue weighted by atomic mass is 9.95. The molecule has 0 aliphatic rings. The summed E-state index contributed by atoms with van der Waals surface area (Å²) in [7, 11) is 0. The van der Waals surface area contributed by atoms with Crippen molar-refractivity contribution < 1.29 is 18.7 Å². The number of halogens is 2. The zero-order valence-electron chi connectivity index (χ0n) is 9.38. The van der Waals surface area contributed by atoms with Gasteiger partial charge in [-0.1, -0.05) is 12.1 Å². The van der Waals surface area contributed by atoms with E-state index in [0.29, 0.717) is 11.1 Å². The Morgan fingerprint density at radius 2 is 2.11 bits per heavy atom. The van der Waals surface area contributed by atoms with Crippen molar-refractivity contribution in [3.8, 4) is 0 Å². The molecule has 1 atom stereocenters. The van der Waals surface area contributed by atoms with Crippen LogP contribution in [-0.4, -0.2) is 22.5 Å². The number of aromatic nitrogens is 1. The Morgan fingerprint density at radius 3 is 2.78 bits per heavy atom. The van der Waals surface area contributed by atoms with Gasteiger partial charge < -0.3 is 5.11 Å². The van der Waals surface area contributed by atoms with Crippen molar-refractivity contribution in [2.24, 2.45) is 0 Å². The molecular weight excluding hydrogens is 240 g/mol. The van der Waals surface area contributed by atoms with E-state index in [1.54, 1.807) is 30.5 Å². The third-order valence-electron chi connectivity index (χ3n) is 2.75. The predicted molar refractivity (Wildman–Crippen MR) is 62.7 cm³/mol. The minimum Gasteiger partial charge on any atom is -0.481 e. The van der Waals surface area contributed by atoms with E-state index in [-0.39, 0.29) is 0 Å².